The maximum absolute atomic E-state index is 12.3. The summed E-state index contributed by atoms with van der Waals surface area (Å²) in [6.45, 7) is 4.17. The lowest BCUT2D eigenvalue weighted by molar-refractivity contribution is -0.913. The SMILES string of the molecule is C[C@@H](C(=O)Nc1ccc(C#N)cc1)[NH+]1CCCCCC1. The molecule has 0 radical (unpaired) electrons. The average Bonchev–Trinajstić information content (AvgIpc) is 2.76. The predicted molar refractivity (Wildman–Crippen MR) is 78.4 cm³/mol. The van der Waals surface area contributed by atoms with Crippen LogP contribution in [-0.4, -0.2) is 25.0 Å². The summed E-state index contributed by atoms with van der Waals surface area (Å²) in [5.74, 6) is 0.0617. The van der Waals surface area contributed by atoms with E-state index in [1.807, 2.05) is 6.92 Å². The van der Waals surface area contributed by atoms with Crippen LogP contribution in [0.25, 0.3) is 0 Å². The highest BCUT2D eigenvalue weighted by Gasteiger charge is 2.25. The molecule has 0 spiro atoms. The van der Waals surface area contributed by atoms with Crippen LogP contribution >= 0.6 is 0 Å². The van der Waals surface area contributed by atoms with Gasteiger partial charge in [-0.3, -0.25) is 4.79 Å². The van der Waals surface area contributed by atoms with Crippen molar-refractivity contribution in [2.75, 3.05) is 18.4 Å². The molecular formula is C16H22N3O+. The first-order valence-corrected chi connectivity index (χ1v) is 7.36. The van der Waals surface area contributed by atoms with Gasteiger partial charge in [0.25, 0.3) is 5.91 Å². The van der Waals surface area contributed by atoms with Gasteiger partial charge in [0.15, 0.2) is 6.04 Å². The van der Waals surface area contributed by atoms with E-state index in [0.29, 0.717) is 5.56 Å². The third-order valence-corrected chi connectivity index (χ3v) is 4.03. The van der Waals surface area contributed by atoms with E-state index in [2.05, 4.69) is 11.4 Å². The predicted octanol–water partition coefficient (Wildman–Crippen LogP) is 1.34. The zero-order valence-corrected chi connectivity index (χ0v) is 12.0. The number of nitrogens with one attached hydrogen (secondary N) is 2. The number of amides is 1. The molecule has 4 nitrogen and oxygen atoms in total. The van der Waals surface area contributed by atoms with E-state index in [0.717, 1.165) is 18.8 Å². The van der Waals surface area contributed by atoms with Crippen LogP contribution in [0.5, 0.6) is 0 Å². The Kier molecular flexibility index (Phi) is 5.14. The number of benzene rings is 1. The van der Waals surface area contributed by atoms with Gasteiger partial charge in [-0.1, -0.05) is 0 Å². The second-order valence-electron chi connectivity index (χ2n) is 5.47. The van der Waals surface area contributed by atoms with Crippen molar-refractivity contribution in [1.82, 2.24) is 0 Å². The van der Waals surface area contributed by atoms with Gasteiger partial charge in [0.05, 0.1) is 24.7 Å². The average molecular weight is 272 g/mol. The van der Waals surface area contributed by atoms with E-state index in [4.69, 9.17) is 5.26 Å². The fourth-order valence-electron chi connectivity index (χ4n) is 2.68. The summed E-state index contributed by atoms with van der Waals surface area (Å²) in [6, 6.07) is 9.05. The van der Waals surface area contributed by atoms with Crippen LogP contribution in [0.3, 0.4) is 0 Å². The standard InChI is InChI=1S/C16H21N3O/c1-13(19-10-4-2-3-5-11-19)16(20)18-15-8-6-14(12-17)7-9-15/h6-9,13H,2-5,10-11H2,1H3,(H,18,20)/p+1/t13-/m0/s1. The van der Waals surface area contributed by atoms with E-state index >= 15 is 0 Å². The first-order valence-electron chi connectivity index (χ1n) is 7.36. The highest BCUT2D eigenvalue weighted by molar-refractivity contribution is 5.93. The number of likely N-dealkylation sites (tertiary alicyclic amines) is 1. The Morgan fingerprint density at radius 2 is 1.80 bits per heavy atom. The van der Waals surface area contributed by atoms with Crippen LogP contribution in [0.15, 0.2) is 24.3 Å². The normalized spacial score (nSPS) is 17.8. The minimum absolute atomic E-state index is 0.0243. The van der Waals surface area contributed by atoms with Crippen molar-refractivity contribution in [2.24, 2.45) is 0 Å². The maximum atomic E-state index is 12.3. The third-order valence-electron chi connectivity index (χ3n) is 4.03. The highest BCUT2D eigenvalue weighted by atomic mass is 16.2. The maximum Gasteiger partial charge on any atom is 0.282 e. The Bertz CT molecular complexity index is 481. The second-order valence-corrected chi connectivity index (χ2v) is 5.47. The van der Waals surface area contributed by atoms with Gasteiger partial charge in [-0.25, -0.2) is 0 Å². The number of nitrogens with zero attached hydrogens (tertiary/aromatic N) is 1. The number of hydrogen-bond donors (Lipinski definition) is 2. The molecule has 1 aliphatic heterocycles. The fourth-order valence-corrected chi connectivity index (χ4v) is 2.68. The zero-order chi connectivity index (χ0) is 14.4. The molecule has 0 aliphatic carbocycles. The van der Waals surface area contributed by atoms with Crippen molar-refractivity contribution < 1.29 is 9.69 Å². The molecule has 1 fully saturated rings. The van der Waals surface area contributed by atoms with Crippen molar-refractivity contribution in [3.63, 3.8) is 0 Å². The Labute approximate surface area is 120 Å². The molecule has 20 heavy (non-hydrogen) atoms. The minimum atomic E-state index is -0.0243. The fraction of sp³-hybridized carbons (Fsp3) is 0.500. The van der Waals surface area contributed by atoms with Crippen molar-refractivity contribution in [2.45, 2.75) is 38.6 Å². The molecule has 1 aromatic carbocycles. The zero-order valence-electron chi connectivity index (χ0n) is 12.0. The Morgan fingerprint density at radius 1 is 1.20 bits per heavy atom. The molecule has 2 rings (SSSR count). The topological polar surface area (TPSA) is 57.3 Å². The summed E-state index contributed by atoms with van der Waals surface area (Å²) in [6.07, 6.45) is 4.99. The lowest BCUT2D eigenvalue weighted by Crippen LogP contribution is -3.16. The summed E-state index contributed by atoms with van der Waals surface area (Å²) in [5, 5.41) is 11.7. The first kappa shape index (κ1) is 14.5. The molecule has 1 aliphatic rings. The summed E-state index contributed by atoms with van der Waals surface area (Å²) in [7, 11) is 0. The van der Waals surface area contributed by atoms with E-state index in [1.165, 1.54) is 30.6 Å². The van der Waals surface area contributed by atoms with E-state index < -0.39 is 0 Å². The molecule has 1 amide bonds. The quantitative estimate of drug-likeness (QED) is 0.872. The molecular weight excluding hydrogens is 250 g/mol. The van der Waals surface area contributed by atoms with Crippen LogP contribution in [0, 0.1) is 11.3 Å². The number of quaternary nitrogens is 1. The highest BCUT2D eigenvalue weighted by Crippen LogP contribution is 2.09. The lowest BCUT2D eigenvalue weighted by atomic mass is 10.2. The third kappa shape index (κ3) is 3.82. The molecule has 4 heteroatoms. The van der Waals surface area contributed by atoms with Gasteiger partial charge < -0.3 is 10.2 Å². The first-order chi connectivity index (χ1) is 9.70. The van der Waals surface area contributed by atoms with Crippen molar-refractivity contribution in [3.05, 3.63) is 29.8 Å². The van der Waals surface area contributed by atoms with Crippen molar-refractivity contribution in [1.29, 1.82) is 5.26 Å². The molecule has 106 valence electrons. The van der Waals surface area contributed by atoms with Gasteiger partial charge in [-0.2, -0.15) is 5.26 Å². The lowest BCUT2D eigenvalue weighted by Gasteiger charge is -2.23. The van der Waals surface area contributed by atoms with Gasteiger partial charge >= 0.3 is 0 Å². The number of carbonyl (C=O) groups is 1. The van der Waals surface area contributed by atoms with Gasteiger partial charge in [0, 0.05) is 5.69 Å². The molecule has 1 saturated heterocycles. The molecule has 0 saturated carbocycles. The number of nitriles is 1. The van der Waals surface area contributed by atoms with Gasteiger partial charge in [-0.15, -0.1) is 0 Å². The number of carbonyl (C=O) groups excluding carboxylic acids is 1. The molecule has 0 unspecified atom stereocenters. The van der Waals surface area contributed by atoms with Gasteiger partial charge in [-0.05, 0) is 56.9 Å². The Balaban J connectivity index is 1.94. The molecule has 2 N–H and O–H groups in total. The molecule has 1 atom stereocenters. The minimum Gasteiger partial charge on any atom is -0.325 e. The molecule has 0 aromatic heterocycles. The number of rotatable bonds is 3. The van der Waals surface area contributed by atoms with E-state index in [9.17, 15) is 4.79 Å². The smallest absolute Gasteiger partial charge is 0.282 e. The summed E-state index contributed by atoms with van der Waals surface area (Å²) in [5.41, 5.74) is 1.37. The monoisotopic (exact) mass is 272 g/mol. The van der Waals surface area contributed by atoms with Crippen LogP contribution in [0.4, 0.5) is 5.69 Å². The van der Waals surface area contributed by atoms with Crippen LogP contribution in [0.1, 0.15) is 38.2 Å². The Morgan fingerprint density at radius 3 is 2.35 bits per heavy atom. The van der Waals surface area contributed by atoms with Crippen molar-refractivity contribution in [3.8, 4) is 6.07 Å². The largest absolute Gasteiger partial charge is 0.325 e. The Hall–Kier alpha value is -1.86. The second kappa shape index (κ2) is 7.06. The number of hydrogen-bond acceptors (Lipinski definition) is 2. The summed E-state index contributed by atoms with van der Waals surface area (Å²) in [4.78, 5) is 13.7. The van der Waals surface area contributed by atoms with Crippen molar-refractivity contribution >= 4 is 11.6 Å². The van der Waals surface area contributed by atoms with Crippen LogP contribution in [0.2, 0.25) is 0 Å². The van der Waals surface area contributed by atoms with Crippen LogP contribution < -0.4 is 10.2 Å². The molecule has 0 bridgehead atoms. The van der Waals surface area contributed by atoms with Gasteiger partial charge in [0.1, 0.15) is 0 Å². The van der Waals surface area contributed by atoms with E-state index in [-0.39, 0.29) is 11.9 Å². The van der Waals surface area contributed by atoms with Gasteiger partial charge in [0.2, 0.25) is 0 Å². The molecule has 1 heterocycles. The van der Waals surface area contributed by atoms with Crippen LogP contribution in [-0.2, 0) is 4.79 Å². The summed E-state index contributed by atoms with van der Waals surface area (Å²) < 4.78 is 0. The number of anilines is 1. The van der Waals surface area contributed by atoms with E-state index in [1.54, 1.807) is 24.3 Å². The molecule has 1 aromatic rings. The summed E-state index contributed by atoms with van der Waals surface area (Å²) >= 11 is 0.